The van der Waals surface area contributed by atoms with Crippen LogP contribution in [-0.2, 0) is 6.42 Å². The largest absolute Gasteiger partial charge is 0.313 e. The zero-order valence-corrected chi connectivity index (χ0v) is 15.9. The summed E-state index contributed by atoms with van der Waals surface area (Å²) in [4.78, 5) is 12.6. The second-order valence-corrected chi connectivity index (χ2v) is 8.15. The van der Waals surface area contributed by atoms with Crippen LogP contribution in [0.1, 0.15) is 46.7 Å². The molecule has 2 fully saturated rings. The van der Waals surface area contributed by atoms with Gasteiger partial charge in [-0.2, -0.15) is 5.10 Å². The van der Waals surface area contributed by atoms with Gasteiger partial charge < -0.3 is 5.32 Å². The van der Waals surface area contributed by atoms with Gasteiger partial charge in [0.2, 0.25) is 0 Å². The van der Waals surface area contributed by atoms with Crippen molar-refractivity contribution in [3.05, 3.63) is 83.7 Å². The molecule has 0 spiro atoms. The molecule has 1 N–H and O–H groups in total. The summed E-state index contributed by atoms with van der Waals surface area (Å²) in [6, 6.07) is 19.1. The van der Waals surface area contributed by atoms with Crippen molar-refractivity contribution in [1.82, 2.24) is 15.1 Å². The maximum Gasteiger partial charge on any atom is 0.170 e. The molecule has 2 aliphatic rings. The molecule has 1 aromatic heterocycles. The molecule has 3 aromatic rings. The molecular formula is C24H25N3O. The van der Waals surface area contributed by atoms with Crippen LogP contribution in [0, 0.1) is 5.92 Å². The minimum atomic E-state index is 0.102. The first-order valence-electron chi connectivity index (χ1n) is 10.2. The van der Waals surface area contributed by atoms with Crippen LogP contribution in [0.15, 0.2) is 67.0 Å². The predicted molar refractivity (Wildman–Crippen MR) is 110 cm³/mol. The van der Waals surface area contributed by atoms with Gasteiger partial charge in [-0.3, -0.25) is 4.79 Å². The molecule has 2 aliphatic carbocycles. The lowest BCUT2D eigenvalue weighted by Gasteiger charge is -2.05. The summed E-state index contributed by atoms with van der Waals surface area (Å²) in [5.41, 5.74) is 4.06. The summed E-state index contributed by atoms with van der Waals surface area (Å²) in [6.45, 7) is 1.18. The van der Waals surface area contributed by atoms with Crippen molar-refractivity contribution in [2.75, 3.05) is 6.54 Å². The van der Waals surface area contributed by atoms with Crippen LogP contribution in [0.4, 0.5) is 0 Å². The molecule has 2 unspecified atom stereocenters. The van der Waals surface area contributed by atoms with Gasteiger partial charge >= 0.3 is 0 Å². The van der Waals surface area contributed by atoms with Gasteiger partial charge in [-0.1, -0.05) is 42.5 Å². The number of aromatic nitrogens is 2. The van der Waals surface area contributed by atoms with E-state index in [4.69, 9.17) is 0 Å². The van der Waals surface area contributed by atoms with Gasteiger partial charge in [0.25, 0.3) is 0 Å². The lowest BCUT2D eigenvalue weighted by molar-refractivity contribution is 0.0993. The number of nitrogens with zero attached hydrogens (tertiary/aromatic N) is 2. The van der Waals surface area contributed by atoms with Crippen molar-refractivity contribution in [1.29, 1.82) is 0 Å². The van der Waals surface area contributed by atoms with E-state index in [0.29, 0.717) is 23.9 Å². The standard InChI is InChI=1S/C24H25N3O/c28-24(20-15-26-27(16-20)21-4-2-1-3-5-21)12-17-8-10-19(11-9-17)22-13-23(22)25-14-18-6-7-18/h1-5,8-11,15-16,18,22-23,25H,6-7,12-14H2. The average molecular weight is 371 g/mol. The number of para-hydroxylation sites is 1. The van der Waals surface area contributed by atoms with Gasteiger partial charge in [0.1, 0.15) is 0 Å². The molecule has 2 aromatic carbocycles. The zero-order chi connectivity index (χ0) is 18.9. The molecule has 0 aliphatic heterocycles. The fraction of sp³-hybridized carbons (Fsp3) is 0.333. The Bertz CT molecular complexity index is 957. The van der Waals surface area contributed by atoms with E-state index in [1.807, 2.05) is 36.5 Å². The van der Waals surface area contributed by atoms with E-state index in [1.54, 1.807) is 10.9 Å². The van der Waals surface area contributed by atoms with Crippen LogP contribution in [0.25, 0.3) is 5.69 Å². The fourth-order valence-electron chi connectivity index (χ4n) is 3.79. The molecule has 2 saturated carbocycles. The number of ketones is 1. The smallest absolute Gasteiger partial charge is 0.170 e. The van der Waals surface area contributed by atoms with Crippen molar-refractivity contribution < 1.29 is 4.79 Å². The van der Waals surface area contributed by atoms with Gasteiger partial charge in [-0.15, -0.1) is 0 Å². The van der Waals surface area contributed by atoms with Crippen LogP contribution in [0.5, 0.6) is 0 Å². The van der Waals surface area contributed by atoms with E-state index in [2.05, 4.69) is 34.7 Å². The quantitative estimate of drug-likeness (QED) is 0.605. The summed E-state index contributed by atoms with van der Waals surface area (Å²) in [5.74, 6) is 1.68. The maximum atomic E-state index is 12.6. The average Bonchev–Trinajstić information content (AvgIpc) is 3.65. The van der Waals surface area contributed by atoms with Crippen LogP contribution in [0.3, 0.4) is 0 Å². The molecule has 0 bridgehead atoms. The third-order valence-electron chi connectivity index (χ3n) is 5.85. The number of nitrogens with one attached hydrogen (secondary N) is 1. The molecule has 4 nitrogen and oxygen atoms in total. The minimum Gasteiger partial charge on any atom is -0.313 e. The Kier molecular flexibility index (Phi) is 4.57. The Labute approximate surface area is 165 Å². The monoisotopic (exact) mass is 371 g/mol. The summed E-state index contributed by atoms with van der Waals surface area (Å²) in [7, 11) is 0. The third-order valence-corrected chi connectivity index (χ3v) is 5.85. The molecule has 5 rings (SSSR count). The Hall–Kier alpha value is -2.72. The number of carbonyl (C=O) groups is 1. The first-order valence-corrected chi connectivity index (χ1v) is 10.2. The molecule has 4 heteroatoms. The van der Waals surface area contributed by atoms with Crippen molar-refractivity contribution in [2.24, 2.45) is 5.92 Å². The number of hydrogen-bond donors (Lipinski definition) is 1. The number of Topliss-reactive ketones (excluding diaryl/α,β-unsaturated/α-hetero) is 1. The van der Waals surface area contributed by atoms with E-state index in [-0.39, 0.29) is 5.78 Å². The van der Waals surface area contributed by atoms with E-state index in [0.717, 1.165) is 17.2 Å². The van der Waals surface area contributed by atoms with Crippen molar-refractivity contribution >= 4 is 5.78 Å². The number of rotatable bonds is 8. The Morgan fingerprint density at radius 2 is 1.86 bits per heavy atom. The third kappa shape index (κ3) is 3.92. The molecule has 0 saturated heterocycles. The van der Waals surface area contributed by atoms with Crippen LogP contribution in [-0.4, -0.2) is 28.2 Å². The topological polar surface area (TPSA) is 46.9 Å². The van der Waals surface area contributed by atoms with E-state index < -0.39 is 0 Å². The SMILES string of the molecule is O=C(Cc1ccc(C2CC2NCC2CC2)cc1)c1cnn(-c2ccccc2)c1. The summed E-state index contributed by atoms with van der Waals surface area (Å²) in [5, 5.41) is 8.01. The van der Waals surface area contributed by atoms with Crippen LogP contribution >= 0.6 is 0 Å². The van der Waals surface area contributed by atoms with Gasteiger partial charge in [0.05, 0.1) is 17.4 Å². The maximum absolute atomic E-state index is 12.6. The van der Waals surface area contributed by atoms with Crippen LogP contribution in [0.2, 0.25) is 0 Å². The fourth-order valence-corrected chi connectivity index (χ4v) is 3.79. The van der Waals surface area contributed by atoms with E-state index in [1.165, 1.54) is 31.4 Å². The van der Waals surface area contributed by atoms with Crippen molar-refractivity contribution in [2.45, 2.75) is 37.6 Å². The lowest BCUT2D eigenvalue weighted by Crippen LogP contribution is -2.20. The highest BCUT2D eigenvalue weighted by atomic mass is 16.1. The Morgan fingerprint density at radius 1 is 1.07 bits per heavy atom. The summed E-state index contributed by atoms with van der Waals surface area (Å²) in [6.07, 6.45) is 7.92. The predicted octanol–water partition coefficient (Wildman–Crippen LogP) is 4.15. The highest BCUT2D eigenvalue weighted by Crippen LogP contribution is 2.41. The second kappa shape index (κ2) is 7.36. The van der Waals surface area contributed by atoms with Crippen molar-refractivity contribution in [3.8, 4) is 5.69 Å². The van der Waals surface area contributed by atoms with Gasteiger partial charge in [-0.05, 0) is 55.0 Å². The van der Waals surface area contributed by atoms with Crippen molar-refractivity contribution in [3.63, 3.8) is 0 Å². The molecule has 0 amide bonds. The highest BCUT2D eigenvalue weighted by molar-refractivity contribution is 5.97. The van der Waals surface area contributed by atoms with E-state index in [9.17, 15) is 4.79 Å². The number of benzene rings is 2. The van der Waals surface area contributed by atoms with E-state index >= 15 is 0 Å². The summed E-state index contributed by atoms with van der Waals surface area (Å²) >= 11 is 0. The van der Waals surface area contributed by atoms with Gasteiger partial charge in [0.15, 0.2) is 5.78 Å². The number of carbonyl (C=O) groups excluding carboxylic acids is 1. The Balaban J connectivity index is 1.18. The molecule has 28 heavy (non-hydrogen) atoms. The molecular weight excluding hydrogens is 346 g/mol. The van der Waals surface area contributed by atoms with Gasteiger partial charge in [-0.25, -0.2) is 4.68 Å². The molecule has 0 radical (unpaired) electrons. The minimum absolute atomic E-state index is 0.102. The molecule has 1 heterocycles. The Morgan fingerprint density at radius 3 is 2.61 bits per heavy atom. The first-order chi connectivity index (χ1) is 13.8. The van der Waals surface area contributed by atoms with Gasteiger partial charge in [0, 0.05) is 24.6 Å². The lowest BCUT2D eigenvalue weighted by atomic mass is 10.0. The normalized spacial score (nSPS) is 20.9. The molecule has 2 atom stereocenters. The zero-order valence-electron chi connectivity index (χ0n) is 15.9. The highest BCUT2D eigenvalue weighted by Gasteiger charge is 2.38. The first kappa shape index (κ1) is 17.4. The second-order valence-electron chi connectivity index (χ2n) is 8.15. The number of hydrogen-bond acceptors (Lipinski definition) is 3. The summed E-state index contributed by atoms with van der Waals surface area (Å²) < 4.78 is 1.75. The van der Waals surface area contributed by atoms with Crippen LogP contribution < -0.4 is 5.32 Å². The molecule has 142 valence electrons.